The van der Waals surface area contributed by atoms with Crippen LogP contribution >= 0.6 is 0 Å². The van der Waals surface area contributed by atoms with Crippen molar-refractivity contribution in [3.05, 3.63) is 41.7 Å². The van der Waals surface area contributed by atoms with Crippen molar-refractivity contribution in [2.75, 3.05) is 38.3 Å². The third-order valence-corrected chi connectivity index (χ3v) is 5.44. The number of amides is 1. The molecule has 0 aliphatic carbocycles. The van der Waals surface area contributed by atoms with Gasteiger partial charge in [-0.05, 0) is 6.42 Å². The molecule has 2 aliphatic rings. The lowest BCUT2D eigenvalue weighted by Gasteiger charge is -2.38. The van der Waals surface area contributed by atoms with Gasteiger partial charge in [-0.25, -0.2) is 14.4 Å². The molecule has 1 fully saturated rings. The number of piperidine rings is 1. The number of nitrogens with zero attached hydrogens (tertiary/aromatic N) is 6. The number of carbonyl (C=O) groups excluding carboxylic acids is 1. The summed E-state index contributed by atoms with van der Waals surface area (Å²) in [4.78, 5) is 29.1. The Kier molecular flexibility index (Phi) is 5.72. The Hall–Kier alpha value is -3.32. The molecule has 10 heteroatoms. The van der Waals surface area contributed by atoms with Crippen molar-refractivity contribution < 1.29 is 18.7 Å². The predicted molar refractivity (Wildman–Crippen MR) is 103 cm³/mol. The second kappa shape index (κ2) is 8.59. The lowest BCUT2D eigenvalue weighted by molar-refractivity contribution is -0.141. The van der Waals surface area contributed by atoms with Gasteiger partial charge >= 0.3 is 0 Å². The van der Waals surface area contributed by atoms with Gasteiger partial charge in [-0.1, -0.05) is 0 Å². The molecule has 156 valence electrons. The summed E-state index contributed by atoms with van der Waals surface area (Å²) in [5, 5.41) is 9.26. The van der Waals surface area contributed by atoms with E-state index >= 15 is 0 Å². The largest absolute Gasteiger partial charge is 0.490 e. The molecule has 2 unspecified atom stereocenters. The van der Waals surface area contributed by atoms with E-state index in [0.717, 1.165) is 12.4 Å². The fraction of sp³-hybridized carbons (Fsp3) is 0.450. The molecule has 4 heterocycles. The van der Waals surface area contributed by atoms with Crippen molar-refractivity contribution in [2.24, 2.45) is 5.92 Å². The molecule has 0 aromatic carbocycles. The van der Waals surface area contributed by atoms with Crippen LogP contribution in [-0.4, -0.2) is 65.2 Å². The number of ether oxygens (including phenoxy) is 2. The maximum atomic E-state index is 13.3. The molecular weight excluding hydrogens is 391 g/mol. The highest BCUT2D eigenvalue weighted by molar-refractivity contribution is 5.80. The van der Waals surface area contributed by atoms with Gasteiger partial charge in [0.25, 0.3) is 0 Å². The third kappa shape index (κ3) is 3.89. The number of rotatable bonds is 3. The SMILES string of the molecule is COC1CN(c2ncc(F)cn2)CCC1C(=O)N1CCOc2c(C#N)cncc2C1. The lowest BCUT2D eigenvalue weighted by Crippen LogP contribution is -2.51. The van der Waals surface area contributed by atoms with Gasteiger partial charge in [0.15, 0.2) is 5.82 Å². The monoisotopic (exact) mass is 412 g/mol. The Morgan fingerprint density at radius 3 is 2.83 bits per heavy atom. The predicted octanol–water partition coefficient (Wildman–Crippen LogP) is 1.14. The standard InChI is InChI=1S/C20H21FN6O3/c1-29-17-12-27(20-24-9-15(21)10-25-20)3-2-16(17)19(28)26-4-5-30-18-13(6-22)7-23-8-14(18)11-26/h7-10,16-17H,2-5,11-12H2,1H3. The van der Waals surface area contributed by atoms with Crippen molar-refractivity contribution in [2.45, 2.75) is 19.1 Å². The molecule has 2 atom stereocenters. The average Bonchev–Trinajstić information content (AvgIpc) is 3.01. The van der Waals surface area contributed by atoms with Crippen LogP contribution in [0.5, 0.6) is 5.75 Å². The van der Waals surface area contributed by atoms with Crippen molar-refractivity contribution >= 4 is 11.9 Å². The lowest BCUT2D eigenvalue weighted by atomic mass is 9.92. The molecule has 1 saturated heterocycles. The summed E-state index contributed by atoms with van der Waals surface area (Å²) >= 11 is 0. The van der Waals surface area contributed by atoms with Crippen LogP contribution < -0.4 is 9.64 Å². The van der Waals surface area contributed by atoms with Crippen LogP contribution in [0.15, 0.2) is 24.8 Å². The van der Waals surface area contributed by atoms with Crippen LogP contribution in [0.1, 0.15) is 17.5 Å². The minimum Gasteiger partial charge on any atom is -0.490 e. The second-order valence-electron chi connectivity index (χ2n) is 7.21. The van der Waals surface area contributed by atoms with Gasteiger partial charge in [0.05, 0.1) is 37.5 Å². The summed E-state index contributed by atoms with van der Waals surface area (Å²) in [5.74, 6) is 0.0523. The quantitative estimate of drug-likeness (QED) is 0.739. The van der Waals surface area contributed by atoms with Crippen LogP contribution in [0, 0.1) is 23.1 Å². The molecule has 0 N–H and O–H groups in total. The molecule has 2 aromatic heterocycles. The van der Waals surface area contributed by atoms with E-state index in [1.165, 1.54) is 6.20 Å². The van der Waals surface area contributed by atoms with Crippen molar-refractivity contribution in [1.82, 2.24) is 19.9 Å². The van der Waals surface area contributed by atoms with E-state index in [1.54, 1.807) is 18.2 Å². The summed E-state index contributed by atoms with van der Waals surface area (Å²) < 4.78 is 24.5. The molecule has 0 bridgehead atoms. The average molecular weight is 412 g/mol. The van der Waals surface area contributed by atoms with Crippen LogP contribution in [0.2, 0.25) is 0 Å². The smallest absolute Gasteiger partial charge is 0.228 e. The first-order chi connectivity index (χ1) is 14.6. The number of hydrogen-bond donors (Lipinski definition) is 0. The van der Waals surface area contributed by atoms with Gasteiger partial charge in [-0.2, -0.15) is 5.26 Å². The summed E-state index contributed by atoms with van der Waals surface area (Å²) in [6.45, 7) is 2.03. The normalized spacial score (nSPS) is 21.2. The van der Waals surface area contributed by atoms with E-state index in [2.05, 4.69) is 21.0 Å². The van der Waals surface area contributed by atoms with E-state index in [-0.39, 0.29) is 17.9 Å². The van der Waals surface area contributed by atoms with E-state index in [0.29, 0.717) is 62.0 Å². The Labute approximate surface area is 173 Å². The van der Waals surface area contributed by atoms with Crippen LogP contribution in [0.3, 0.4) is 0 Å². The summed E-state index contributed by atoms with van der Waals surface area (Å²) in [6, 6.07) is 2.08. The van der Waals surface area contributed by atoms with Gasteiger partial charge in [-0.15, -0.1) is 0 Å². The highest BCUT2D eigenvalue weighted by atomic mass is 19.1. The number of halogens is 1. The van der Waals surface area contributed by atoms with Gasteiger partial charge in [-0.3, -0.25) is 9.78 Å². The maximum absolute atomic E-state index is 13.3. The van der Waals surface area contributed by atoms with E-state index in [9.17, 15) is 14.4 Å². The Bertz CT molecular complexity index is 964. The number of carbonyl (C=O) groups is 1. The molecule has 30 heavy (non-hydrogen) atoms. The van der Waals surface area contributed by atoms with Crippen LogP contribution in [-0.2, 0) is 16.1 Å². The van der Waals surface area contributed by atoms with Gasteiger partial charge < -0.3 is 19.3 Å². The van der Waals surface area contributed by atoms with Crippen LogP contribution in [0.25, 0.3) is 0 Å². The maximum Gasteiger partial charge on any atom is 0.228 e. The fourth-order valence-electron chi connectivity index (χ4n) is 3.91. The Balaban J connectivity index is 1.49. The van der Waals surface area contributed by atoms with Crippen molar-refractivity contribution in [3.8, 4) is 11.8 Å². The van der Waals surface area contributed by atoms with Crippen molar-refractivity contribution in [1.29, 1.82) is 5.26 Å². The van der Waals surface area contributed by atoms with E-state index in [1.807, 2.05) is 4.90 Å². The van der Waals surface area contributed by atoms with Gasteiger partial charge in [0, 0.05) is 38.2 Å². The fourth-order valence-corrected chi connectivity index (χ4v) is 3.91. The first kappa shape index (κ1) is 20.0. The first-order valence-electron chi connectivity index (χ1n) is 9.64. The zero-order valence-electron chi connectivity index (χ0n) is 16.5. The minimum atomic E-state index is -0.496. The number of nitriles is 1. The van der Waals surface area contributed by atoms with E-state index < -0.39 is 5.82 Å². The zero-order valence-corrected chi connectivity index (χ0v) is 16.5. The number of anilines is 1. The molecule has 9 nitrogen and oxygen atoms in total. The molecule has 2 aliphatic heterocycles. The third-order valence-electron chi connectivity index (χ3n) is 5.44. The van der Waals surface area contributed by atoms with E-state index in [4.69, 9.17) is 9.47 Å². The minimum absolute atomic E-state index is 0.0275. The van der Waals surface area contributed by atoms with Crippen LogP contribution in [0.4, 0.5) is 10.3 Å². The first-order valence-corrected chi connectivity index (χ1v) is 9.64. The molecule has 1 amide bonds. The molecule has 0 saturated carbocycles. The number of methoxy groups -OCH3 is 1. The number of hydrogen-bond acceptors (Lipinski definition) is 8. The topological polar surface area (TPSA) is 104 Å². The molecule has 4 rings (SSSR count). The highest BCUT2D eigenvalue weighted by Gasteiger charge is 2.38. The van der Waals surface area contributed by atoms with Gasteiger partial charge in [0.1, 0.15) is 24.0 Å². The Morgan fingerprint density at radius 1 is 1.30 bits per heavy atom. The summed E-state index contributed by atoms with van der Waals surface area (Å²) in [7, 11) is 1.57. The second-order valence-corrected chi connectivity index (χ2v) is 7.21. The number of aromatic nitrogens is 3. The highest BCUT2D eigenvalue weighted by Crippen LogP contribution is 2.29. The van der Waals surface area contributed by atoms with Gasteiger partial charge in [0.2, 0.25) is 11.9 Å². The number of pyridine rings is 1. The molecule has 2 aromatic rings. The summed E-state index contributed by atoms with van der Waals surface area (Å²) in [6.07, 6.45) is 5.54. The Morgan fingerprint density at radius 2 is 2.10 bits per heavy atom. The molecule has 0 spiro atoms. The summed E-state index contributed by atoms with van der Waals surface area (Å²) in [5.41, 5.74) is 1.08. The van der Waals surface area contributed by atoms with Crippen molar-refractivity contribution in [3.63, 3.8) is 0 Å². The molecular formula is C20H21FN6O3. The molecule has 0 radical (unpaired) electrons. The number of fused-ring (bicyclic) bond motifs is 1. The zero-order chi connectivity index (χ0) is 21.1.